The Hall–Kier alpha value is -1.42. The van der Waals surface area contributed by atoms with Crippen LogP contribution in [0.1, 0.15) is 29.8 Å². The summed E-state index contributed by atoms with van der Waals surface area (Å²) in [6.45, 7) is 3.74. The molecule has 0 atom stereocenters. The second-order valence-corrected chi connectivity index (χ2v) is 3.89. The van der Waals surface area contributed by atoms with Crippen molar-refractivity contribution in [3.63, 3.8) is 0 Å². The minimum absolute atomic E-state index is 0.223. The number of carbonyl (C=O) groups excluding carboxylic acids is 1. The molecule has 1 aliphatic rings. The molecule has 0 aromatic heterocycles. The molecule has 4 heteroatoms. The van der Waals surface area contributed by atoms with E-state index in [1.807, 2.05) is 0 Å². The van der Waals surface area contributed by atoms with Crippen molar-refractivity contribution in [2.45, 2.75) is 26.2 Å². The fourth-order valence-electron chi connectivity index (χ4n) is 1.52. The highest BCUT2D eigenvalue weighted by Crippen LogP contribution is 2.34. The molecule has 0 spiro atoms. The predicted octanol–water partition coefficient (Wildman–Crippen LogP) is 2.28. The zero-order valence-electron chi connectivity index (χ0n) is 8.54. The monoisotopic (exact) mass is 210 g/mol. The van der Waals surface area contributed by atoms with Gasteiger partial charge in [0.05, 0.1) is 12.2 Å². The normalized spacial score (nSPS) is 17.8. The molecule has 0 N–H and O–H groups in total. The third-order valence-electron chi connectivity index (χ3n) is 2.21. The third-order valence-corrected chi connectivity index (χ3v) is 2.21. The molecule has 1 aliphatic heterocycles. The van der Waals surface area contributed by atoms with E-state index < -0.39 is 11.6 Å². The Morgan fingerprint density at radius 1 is 1.47 bits per heavy atom. The molecule has 0 fully saturated rings. The maximum Gasteiger partial charge on any atom is 0.205 e. The van der Waals surface area contributed by atoms with Gasteiger partial charge in [-0.2, -0.15) is 0 Å². The van der Waals surface area contributed by atoms with E-state index in [1.54, 1.807) is 13.8 Å². The van der Waals surface area contributed by atoms with E-state index in [0.717, 1.165) is 6.07 Å². The van der Waals surface area contributed by atoms with Crippen LogP contribution < -0.4 is 4.74 Å². The van der Waals surface area contributed by atoms with Crippen LogP contribution in [0.3, 0.4) is 0 Å². The minimum atomic E-state index is -0.775. The van der Waals surface area contributed by atoms with E-state index in [-0.39, 0.29) is 12.2 Å². The minimum Gasteiger partial charge on any atom is -0.462 e. The van der Waals surface area contributed by atoms with E-state index >= 15 is 0 Å². The zero-order valence-corrected chi connectivity index (χ0v) is 8.54. The Morgan fingerprint density at radius 3 is 2.87 bits per heavy atom. The number of halogens is 1. The number of ether oxygens (including phenoxy) is 2. The SMILES string of the molecule is CC1(C)OCc2cc(F)cc(C=O)c2O1. The van der Waals surface area contributed by atoms with Crippen LogP contribution in [0.5, 0.6) is 5.75 Å². The number of fused-ring (bicyclic) bond motifs is 1. The molecule has 80 valence electrons. The first kappa shape index (κ1) is 10.1. The summed E-state index contributed by atoms with van der Waals surface area (Å²) >= 11 is 0. The highest BCUT2D eigenvalue weighted by atomic mass is 19.1. The van der Waals surface area contributed by atoms with Gasteiger partial charge in [-0.25, -0.2) is 4.39 Å². The molecule has 0 radical (unpaired) electrons. The first-order chi connectivity index (χ1) is 7.02. The van der Waals surface area contributed by atoms with E-state index in [4.69, 9.17) is 9.47 Å². The number of carbonyl (C=O) groups is 1. The first-order valence-corrected chi connectivity index (χ1v) is 4.62. The van der Waals surface area contributed by atoms with Crippen LogP contribution in [0.2, 0.25) is 0 Å². The maximum absolute atomic E-state index is 13.1. The topological polar surface area (TPSA) is 35.5 Å². The Morgan fingerprint density at radius 2 is 2.20 bits per heavy atom. The summed E-state index contributed by atoms with van der Waals surface area (Å²) in [4.78, 5) is 10.8. The summed E-state index contributed by atoms with van der Waals surface area (Å²) < 4.78 is 23.9. The van der Waals surface area contributed by atoms with Crippen LogP contribution in [-0.2, 0) is 11.3 Å². The molecule has 15 heavy (non-hydrogen) atoms. The maximum atomic E-state index is 13.1. The molecule has 0 aliphatic carbocycles. The molecule has 0 amide bonds. The van der Waals surface area contributed by atoms with Gasteiger partial charge < -0.3 is 9.47 Å². The molecule has 0 unspecified atom stereocenters. The summed E-state index contributed by atoms with van der Waals surface area (Å²) in [7, 11) is 0. The first-order valence-electron chi connectivity index (χ1n) is 4.62. The molecule has 0 bridgehead atoms. The van der Waals surface area contributed by atoms with Crippen LogP contribution >= 0.6 is 0 Å². The third kappa shape index (κ3) is 1.85. The predicted molar refractivity (Wildman–Crippen MR) is 51.3 cm³/mol. The average molecular weight is 210 g/mol. The lowest BCUT2D eigenvalue weighted by molar-refractivity contribution is -0.180. The van der Waals surface area contributed by atoms with Crippen LogP contribution in [0.4, 0.5) is 4.39 Å². The lowest BCUT2D eigenvalue weighted by Crippen LogP contribution is -2.35. The molecular formula is C11H11FO3. The van der Waals surface area contributed by atoms with Crippen molar-refractivity contribution in [3.05, 3.63) is 29.1 Å². The van der Waals surface area contributed by atoms with Gasteiger partial charge in [-0.1, -0.05) is 0 Å². The van der Waals surface area contributed by atoms with Gasteiger partial charge in [-0.05, 0) is 12.1 Å². The lowest BCUT2D eigenvalue weighted by atomic mass is 10.1. The zero-order chi connectivity index (χ0) is 11.1. The van der Waals surface area contributed by atoms with E-state index in [1.165, 1.54) is 6.07 Å². The molecule has 1 aromatic carbocycles. The molecular weight excluding hydrogens is 199 g/mol. The lowest BCUT2D eigenvalue weighted by Gasteiger charge is -2.33. The Kier molecular flexibility index (Phi) is 2.23. The van der Waals surface area contributed by atoms with Gasteiger partial charge in [0, 0.05) is 19.4 Å². The van der Waals surface area contributed by atoms with Crippen LogP contribution in [0.25, 0.3) is 0 Å². The second kappa shape index (κ2) is 3.31. The molecule has 3 nitrogen and oxygen atoms in total. The van der Waals surface area contributed by atoms with Crippen LogP contribution in [0.15, 0.2) is 12.1 Å². The number of benzene rings is 1. The molecule has 0 saturated heterocycles. The summed E-state index contributed by atoms with van der Waals surface area (Å²) in [5, 5.41) is 0. The van der Waals surface area contributed by atoms with Crippen molar-refractivity contribution in [1.82, 2.24) is 0 Å². The van der Waals surface area contributed by atoms with Gasteiger partial charge in [0.2, 0.25) is 5.79 Å². The van der Waals surface area contributed by atoms with Gasteiger partial charge in [-0.15, -0.1) is 0 Å². The quantitative estimate of drug-likeness (QED) is 0.667. The number of hydrogen-bond acceptors (Lipinski definition) is 3. The summed E-state index contributed by atoms with van der Waals surface area (Å²) in [6, 6.07) is 2.48. The smallest absolute Gasteiger partial charge is 0.205 e. The summed E-state index contributed by atoms with van der Waals surface area (Å²) in [5.74, 6) is -0.812. The molecule has 1 heterocycles. The highest BCUT2D eigenvalue weighted by Gasteiger charge is 2.29. The molecule has 2 rings (SSSR count). The average Bonchev–Trinajstić information content (AvgIpc) is 2.17. The molecule has 1 aromatic rings. The van der Waals surface area contributed by atoms with Crippen LogP contribution in [-0.4, -0.2) is 12.1 Å². The van der Waals surface area contributed by atoms with Crippen molar-refractivity contribution < 1.29 is 18.7 Å². The summed E-state index contributed by atoms with van der Waals surface area (Å²) in [5.41, 5.74) is 0.790. The van der Waals surface area contributed by atoms with E-state index in [2.05, 4.69) is 0 Å². The summed E-state index contributed by atoms with van der Waals surface area (Å²) in [6.07, 6.45) is 0.587. The Balaban J connectivity index is 2.52. The van der Waals surface area contributed by atoms with Gasteiger partial charge in [-0.3, -0.25) is 4.79 Å². The van der Waals surface area contributed by atoms with E-state index in [9.17, 15) is 9.18 Å². The van der Waals surface area contributed by atoms with Crippen molar-refractivity contribution in [2.24, 2.45) is 0 Å². The van der Waals surface area contributed by atoms with Gasteiger partial charge in [0.25, 0.3) is 0 Å². The highest BCUT2D eigenvalue weighted by molar-refractivity contribution is 5.80. The number of hydrogen-bond donors (Lipinski definition) is 0. The van der Waals surface area contributed by atoms with Crippen molar-refractivity contribution in [1.29, 1.82) is 0 Å². The fraction of sp³-hybridized carbons (Fsp3) is 0.364. The van der Waals surface area contributed by atoms with Crippen molar-refractivity contribution in [2.75, 3.05) is 0 Å². The second-order valence-electron chi connectivity index (χ2n) is 3.89. The number of rotatable bonds is 1. The van der Waals surface area contributed by atoms with Crippen molar-refractivity contribution >= 4 is 6.29 Å². The van der Waals surface area contributed by atoms with Gasteiger partial charge in [0.1, 0.15) is 11.6 Å². The van der Waals surface area contributed by atoms with E-state index in [0.29, 0.717) is 17.6 Å². The van der Waals surface area contributed by atoms with Crippen LogP contribution in [0, 0.1) is 5.82 Å². The standard InChI is InChI=1S/C11H11FO3/c1-11(2)14-6-8-4-9(12)3-7(5-13)10(8)15-11/h3-5H,6H2,1-2H3. The Labute approximate surface area is 86.8 Å². The van der Waals surface area contributed by atoms with Gasteiger partial charge >= 0.3 is 0 Å². The molecule has 0 saturated carbocycles. The number of aldehydes is 1. The van der Waals surface area contributed by atoms with Crippen molar-refractivity contribution in [3.8, 4) is 5.75 Å². The van der Waals surface area contributed by atoms with Gasteiger partial charge in [0.15, 0.2) is 6.29 Å². The Bertz CT molecular complexity index is 413. The fourth-order valence-corrected chi connectivity index (χ4v) is 1.52. The largest absolute Gasteiger partial charge is 0.462 e.